The number of aliphatic hydroxyl groups is 1. The lowest BCUT2D eigenvalue weighted by Crippen LogP contribution is -2.46. The van der Waals surface area contributed by atoms with Crippen molar-refractivity contribution in [3.05, 3.63) is 36.7 Å². The van der Waals surface area contributed by atoms with Gasteiger partial charge >= 0.3 is 6.18 Å². The summed E-state index contributed by atoms with van der Waals surface area (Å²) in [6, 6.07) is 1.64. The topological polar surface area (TPSA) is 105 Å². The third kappa shape index (κ3) is 4.69. The SMILES string of the molecule is Cn1ccnc1[C@@](O)(CCNC(=O)CCNc1ncccn1)C(F)(F)F. The average Bonchev–Trinajstić information content (AvgIpc) is 3.01. The number of aryl methyl sites for hydroxylation is 1. The van der Waals surface area contributed by atoms with E-state index in [1.54, 1.807) is 6.07 Å². The fourth-order valence-corrected chi connectivity index (χ4v) is 2.29. The number of rotatable bonds is 8. The monoisotopic (exact) mass is 372 g/mol. The van der Waals surface area contributed by atoms with Crippen molar-refractivity contribution in [3.63, 3.8) is 0 Å². The number of anilines is 1. The molecular formula is C15H19F3N6O2. The Bertz CT molecular complexity index is 722. The number of nitrogens with one attached hydrogen (secondary N) is 2. The van der Waals surface area contributed by atoms with Crippen LogP contribution < -0.4 is 10.6 Å². The summed E-state index contributed by atoms with van der Waals surface area (Å²) in [5.74, 6) is -0.638. The minimum atomic E-state index is -4.93. The molecule has 0 saturated carbocycles. The molecule has 0 bridgehead atoms. The molecule has 0 saturated heterocycles. The first-order chi connectivity index (χ1) is 12.2. The molecule has 2 heterocycles. The molecule has 2 aromatic heterocycles. The Labute approximate surface area is 147 Å². The molecule has 26 heavy (non-hydrogen) atoms. The largest absolute Gasteiger partial charge is 0.424 e. The van der Waals surface area contributed by atoms with Crippen molar-refractivity contribution in [1.29, 1.82) is 0 Å². The summed E-state index contributed by atoms with van der Waals surface area (Å²) in [5, 5.41) is 15.3. The minimum absolute atomic E-state index is 0.0190. The van der Waals surface area contributed by atoms with Crippen LogP contribution in [0.3, 0.4) is 0 Å². The number of hydrogen-bond acceptors (Lipinski definition) is 6. The molecule has 11 heteroatoms. The number of halogens is 3. The summed E-state index contributed by atoms with van der Waals surface area (Å²) < 4.78 is 41.1. The summed E-state index contributed by atoms with van der Waals surface area (Å²) >= 11 is 0. The van der Waals surface area contributed by atoms with Gasteiger partial charge in [-0.25, -0.2) is 15.0 Å². The van der Waals surface area contributed by atoms with Crippen molar-refractivity contribution >= 4 is 11.9 Å². The highest BCUT2D eigenvalue weighted by molar-refractivity contribution is 5.76. The van der Waals surface area contributed by atoms with E-state index in [2.05, 4.69) is 25.6 Å². The fourth-order valence-electron chi connectivity index (χ4n) is 2.29. The number of imidazole rings is 1. The van der Waals surface area contributed by atoms with E-state index >= 15 is 0 Å². The van der Waals surface area contributed by atoms with Crippen molar-refractivity contribution in [1.82, 2.24) is 24.8 Å². The number of alkyl halides is 3. The van der Waals surface area contributed by atoms with Crippen molar-refractivity contribution in [3.8, 4) is 0 Å². The standard InChI is InChI=1S/C15H19F3N6O2/c1-24-10-9-20-12(24)14(26,15(16,17)18)4-8-19-11(25)3-7-23-13-21-5-2-6-22-13/h2,5-6,9-10,26H,3-4,7-8H2,1H3,(H,19,25)(H,21,22,23)/t14-/m0/s1. The minimum Gasteiger partial charge on any atom is -0.374 e. The molecule has 142 valence electrons. The van der Waals surface area contributed by atoms with E-state index in [4.69, 9.17) is 0 Å². The summed E-state index contributed by atoms with van der Waals surface area (Å²) in [7, 11) is 1.36. The number of aromatic nitrogens is 4. The number of carbonyl (C=O) groups excluding carboxylic acids is 1. The summed E-state index contributed by atoms with van der Waals surface area (Å²) in [4.78, 5) is 23.2. The van der Waals surface area contributed by atoms with Crippen LogP contribution in [0.5, 0.6) is 0 Å². The van der Waals surface area contributed by atoms with Crippen molar-refractivity contribution < 1.29 is 23.1 Å². The smallest absolute Gasteiger partial charge is 0.374 e. The quantitative estimate of drug-likeness (QED) is 0.638. The maximum atomic E-state index is 13.3. The molecule has 0 spiro atoms. The molecule has 0 radical (unpaired) electrons. The van der Waals surface area contributed by atoms with E-state index in [0.717, 1.165) is 4.57 Å². The maximum absolute atomic E-state index is 13.3. The number of nitrogens with zero attached hydrogens (tertiary/aromatic N) is 4. The first-order valence-corrected chi connectivity index (χ1v) is 7.78. The second kappa shape index (κ2) is 8.13. The highest BCUT2D eigenvalue weighted by Crippen LogP contribution is 2.40. The van der Waals surface area contributed by atoms with E-state index in [1.807, 2.05) is 0 Å². The molecule has 2 rings (SSSR count). The molecular weight excluding hydrogens is 353 g/mol. The van der Waals surface area contributed by atoms with E-state index in [-0.39, 0.29) is 19.5 Å². The van der Waals surface area contributed by atoms with Gasteiger partial charge in [-0.1, -0.05) is 0 Å². The first-order valence-electron chi connectivity index (χ1n) is 7.78. The Balaban J connectivity index is 1.84. The van der Waals surface area contributed by atoms with E-state index in [0.29, 0.717) is 5.95 Å². The highest BCUT2D eigenvalue weighted by atomic mass is 19.4. The van der Waals surface area contributed by atoms with Gasteiger partial charge in [-0.3, -0.25) is 4.79 Å². The Hall–Kier alpha value is -2.69. The molecule has 0 aliphatic carbocycles. The van der Waals surface area contributed by atoms with Crippen LogP contribution in [0.15, 0.2) is 30.9 Å². The molecule has 1 amide bonds. The first kappa shape index (κ1) is 19.6. The van der Waals surface area contributed by atoms with Crippen LogP contribution in [0.1, 0.15) is 18.7 Å². The van der Waals surface area contributed by atoms with Crippen LogP contribution in [-0.2, 0) is 17.4 Å². The second-order valence-electron chi connectivity index (χ2n) is 5.57. The van der Waals surface area contributed by atoms with Gasteiger partial charge in [-0.15, -0.1) is 0 Å². The second-order valence-corrected chi connectivity index (χ2v) is 5.57. The van der Waals surface area contributed by atoms with Crippen LogP contribution in [0, 0.1) is 0 Å². The summed E-state index contributed by atoms with van der Waals surface area (Å²) in [6.45, 7) is -0.137. The number of hydrogen-bond donors (Lipinski definition) is 3. The van der Waals surface area contributed by atoms with E-state index < -0.39 is 29.9 Å². The predicted molar refractivity (Wildman–Crippen MR) is 85.9 cm³/mol. The Morgan fingerprint density at radius 1 is 1.19 bits per heavy atom. The van der Waals surface area contributed by atoms with Crippen LogP contribution in [0.2, 0.25) is 0 Å². The van der Waals surface area contributed by atoms with Gasteiger partial charge in [0.15, 0.2) is 0 Å². The van der Waals surface area contributed by atoms with Crippen molar-refractivity contribution in [2.24, 2.45) is 7.05 Å². The maximum Gasteiger partial charge on any atom is 0.424 e. The third-order valence-electron chi connectivity index (χ3n) is 3.67. The lowest BCUT2D eigenvalue weighted by atomic mass is 9.97. The van der Waals surface area contributed by atoms with Crippen molar-refractivity contribution in [2.45, 2.75) is 24.6 Å². The van der Waals surface area contributed by atoms with Gasteiger partial charge < -0.3 is 20.3 Å². The predicted octanol–water partition coefficient (Wildman–Crippen LogP) is 0.968. The van der Waals surface area contributed by atoms with Crippen LogP contribution >= 0.6 is 0 Å². The zero-order chi connectivity index (χ0) is 19.2. The van der Waals surface area contributed by atoms with Gasteiger partial charge in [0.05, 0.1) is 0 Å². The normalized spacial score (nSPS) is 13.9. The van der Waals surface area contributed by atoms with Gasteiger partial charge in [0.2, 0.25) is 17.5 Å². The molecule has 0 unspecified atom stereocenters. The molecule has 0 aliphatic heterocycles. The zero-order valence-corrected chi connectivity index (χ0v) is 14.0. The van der Waals surface area contributed by atoms with Crippen LogP contribution in [0.4, 0.5) is 19.1 Å². The molecule has 8 nitrogen and oxygen atoms in total. The molecule has 0 aromatic carbocycles. The van der Waals surface area contributed by atoms with Crippen molar-refractivity contribution in [2.75, 3.05) is 18.4 Å². The average molecular weight is 372 g/mol. The molecule has 1 atom stereocenters. The van der Waals surface area contributed by atoms with Gasteiger partial charge in [0.25, 0.3) is 0 Å². The van der Waals surface area contributed by atoms with Crippen LogP contribution in [0.25, 0.3) is 0 Å². The highest BCUT2D eigenvalue weighted by Gasteiger charge is 2.57. The number of amides is 1. The van der Waals surface area contributed by atoms with E-state index in [1.165, 1.54) is 31.8 Å². The van der Waals surface area contributed by atoms with Gasteiger partial charge in [0, 0.05) is 57.8 Å². The molecule has 0 fully saturated rings. The Morgan fingerprint density at radius 3 is 2.46 bits per heavy atom. The Morgan fingerprint density at radius 2 is 1.88 bits per heavy atom. The molecule has 2 aromatic rings. The molecule has 3 N–H and O–H groups in total. The lowest BCUT2D eigenvalue weighted by Gasteiger charge is -2.30. The van der Waals surface area contributed by atoms with Gasteiger partial charge in [-0.2, -0.15) is 13.2 Å². The zero-order valence-electron chi connectivity index (χ0n) is 14.0. The Kier molecular flexibility index (Phi) is 6.14. The number of carbonyl (C=O) groups is 1. The summed E-state index contributed by atoms with van der Waals surface area (Å²) in [5.41, 5.74) is -3.14. The fraction of sp³-hybridized carbons (Fsp3) is 0.467. The van der Waals surface area contributed by atoms with Gasteiger partial charge in [-0.05, 0) is 6.07 Å². The van der Waals surface area contributed by atoms with E-state index in [9.17, 15) is 23.1 Å². The van der Waals surface area contributed by atoms with Crippen LogP contribution in [-0.4, -0.2) is 49.8 Å². The summed E-state index contributed by atoms with van der Waals surface area (Å²) in [6.07, 6.45) is -0.115. The lowest BCUT2D eigenvalue weighted by molar-refractivity contribution is -0.272. The third-order valence-corrected chi connectivity index (χ3v) is 3.67. The molecule has 0 aliphatic rings. The van der Waals surface area contributed by atoms with Gasteiger partial charge in [0.1, 0.15) is 5.82 Å².